The lowest BCUT2D eigenvalue weighted by Gasteiger charge is -2.51. The summed E-state index contributed by atoms with van der Waals surface area (Å²) < 4.78 is 83.1. The van der Waals surface area contributed by atoms with E-state index in [9.17, 15) is 95.8 Å². The fourth-order valence-corrected chi connectivity index (χ4v) is 10.4. The molecule has 91 heavy (non-hydrogen) atoms. The fraction of sp³-hybridized carbons (Fsp3) is 0.552. The van der Waals surface area contributed by atoms with Gasteiger partial charge < -0.3 is 143 Å². The molecule has 8 rings (SSSR count). The van der Waals surface area contributed by atoms with Crippen molar-refractivity contribution in [1.29, 1.82) is 0 Å². The zero-order chi connectivity index (χ0) is 66.0. The van der Waals surface area contributed by atoms with Gasteiger partial charge in [-0.25, -0.2) is 14.4 Å². The summed E-state index contributed by atoms with van der Waals surface area (Å²) in [5, 5.41) is 163. The number of aliphatic hydroxyl groups is 13. The molecule has 15 N–H and O–H groups in total. The topological polar surface area (TPSA) is 501 Å². The van der Waals surface area contributed by atoms with Crippen molar-refractivity contribution in [2.24, 2.45) is 0 Å². The average Bonchev–Trinajstić information content (AvgIpc) is 1.72. The first kappa shape index (κ1) is 70.4. The van der Waals surface area contributed by atoms with Gasteiger partial charge in [0.1, 0.15) is 123 Å². The average molecular weight is 1300 g/mol. The van der Waals surface area contributed by atoms with Crippen LogP contribution in [0, 0.1) is 0 Å². The van der Waals surface area contributed by atoms with Crippen LogP contribution in [0.2, 0.25) is 0 Å². The van der Waals surface area contributed by atoms with Crippen molar-refractivity contribution >= 4 is 36.0 Å². The van der Waals surface area contributed by atoms with E-state index in [0.717, 1.165) is 19.1 Å². The van der Waals surface area contributed by atoms with Crippen LogP contribution in [0.25, 0.3) is 12.2 Å². The van der Waals surface area contributed by atoms with Crippen LogP contribution >= 0.6 is 0 Å². The number of phenolic OH excluding ortho intramolecular Hbond substituents is 2. The Bertz CT molecular complexity index is 2930. The Hall–Kier alpha value is -6.46. The number of carbonyl (C=O) groups excluding carboxylic acids is 4. The van der Waals surface area contributed by atoms with Crippen LogP contribution in [-0.4, -0.2) is 294 Å². The third-order valence-electron chi connectivity index (χ3n) is 15.2. The Labute approximate surface area is 516 Å². The number of methoxy groups -OCH3 is 1. The third kappa shape index (κ3) is 16.5. The van der Waals surface area contributed by atoms with Gasteiger partial charge in [0.15, 0.2) is 48.9 Å². The highest BCUT2D eigenvalue weighted by Crippen LogP contribution is 2.43. The van der Waals surface area contributed by atoms with Crippen molar-refractivity contribution in [2.75, 3.05) is 46.8 Å². The van der Waals surface area contributed by atoms with E-state index in [-0.39, 0.29) is 28.4 Å². The summed E-state index contributed by atoms with van der Waals surface area (Å²) in [7, 11) is 1.27. The molecule has 0 saturated carbocycles. The molecular weight excluding hydrogens is 1220 g/mol. The SMILES string of the molecule is COc1cc(/C=C/C(=O)OC[C@@]2(O[C@H]3O[C@H](COC(C)=O)[C@@H](OC(=O)/C=C/c4ccc(O)cc4)[C@H](O[C@@H]4O[C@@H](CO)[C@@H](O[C@H]5O[C@@H](CO)[C@@H](O)[C@H](O)[C@H]5O)[C@H](O)[C@H]4O)[C@H]3O[C@H]3O[C@@H](CO)[C@@H](O)[C@H](O)[C@H]3O)O[C@@H](CO)[C@@H](O)[C@@H]2OC(=O)c2ccccc2)ccc1O. The molecule has 24 atom stereocenters. The van der Waals surface area contributed by atoms with Crippen molar-refractivity contribution in [3.8, 4) is 17.2 Å². The molecule has 0 bridgehead atoms. The second-order valence-electron chi connectivity index (χ2n) is 21.4. The van der Waals surface area contributed by atoms with E-state index in [1.54, 1.807) is 6.07 Å². The molecule has 5 fully saturated rings. The molecule has 0 aromatic heterocycles. The highest BCUT2D eigenvalue weighted by Gasteiger charge is 2.64. The summed E-state index contributed by atoms with van der Waals surface area (Å²) in [6.07, 6.45) is -44.7. The van der Waals surface area contributed by atoms with Crippen LogP contribution in [0.3, 0.4) is 0 Å². The summed E-state index contributed by atoms with van der Waals surface area (Å²) >= 11 is 0. The normalized spacial score (nSPS) is 36.8. The maximum Gasteiger partial charge on any atom is 0.338 e. The number of hydrogen-bond donors (Lipinski definition) is 15. The smallest absolute Gasteiger partial charge is 0.338 e. The lowest BCUT2D eigenvalue weighted by atomic mass is 9.95. The second-order valence-corrected chi connectivity index (χ2v) is 21.4. The van der Waals surface area contributed by atoms with Crippen molar-refractivity contribution < 1.29 is 162 Å². The van der Waals surface area contributed by atoms with Crippen LogP contribution in [0.5, 0.6) is 17.2 Å². The minimum atomic E-state index is -2.99. The molecule has 0 radical (unpaired) electrons. The van der Waals surface area contributed by atoms with Gasteiger partial charge in [0.05, 0.1) is 39.1 Å². The Kier molecular flexibility index (Phi) is 24.3. The van der Waals surface area contributed by atoms with E-state index in [0.29, 0.717) is 5.56 Å². The maximum absolute atomic E-state index is 14.2. The maximum atomic E-state index is 14.2. The highest BCUT2D eigenvalue weighted by atomic mass is 16.8. The second kappa shape index (κ2) is 31.4. The molecule has 5 aliphatic heterocycles. The van der Waals surface area contributed by atoms with Gasteiger partial charge in [-0.1, -0.05) is 36.4 Å². The number of esters is 4. The molecule has 5 aliphatic rings. The van der Waals surface area contributed by atoms with E-state index in [2.05, 4.69) is 0 Å². The summed E-state index contributed by atoms with van der Waals surface area (Å²) in [6.45, 7) is -5.56. The summed E-state index contributed by atoms with van der Waals surface area (Å²) in [5.74, 6) is -8.08. The standard InChI is InChI=1S/C58H72O33/c1-25(63)79-23-36-49(85-38(67)17-11-26-8-13-29(64)14-9-26)50(87-56-47(76)44(73)48(35(22-62)83-56)86-54-45(74)42(71)39(68)32(19-59)81-54)51(88-55-46(75)43(72)40(69)33(20-60)82-55)57(84-36)91-58(24-80-37(66)16-12-27-10-15-30(65)31(18-27)78-2)52(41(70)34(21-61)90-58)89-53(77)28-6-4-3-5-7-28/h3-18,32-36,39-52,54-57,59-62,64-65,68-76H,19-24H2,1-2H3/b16-12+,17-11+/t32-,33-,34-,35-,36+,39+,40+,41+,42-,43-,44+,45+,46+,47+,48+,49+,50-,51+,52-,54+,55+,56-,57+,58-/m0/s1. The number of ether oxygens (including phenoxy) is 14. The molecule has 0 unspecified atom stereocenters. The van der Waals surface area contributed by atoms with E-state index >= 15 is 0 Å². The number of benzene rings is 3. The summed E-state index contributed by atoms with van der Waals surface area (Å²) in [4.78, 5) is 54.9. The van der Waals surface area contributed by atoms with Gasteiger partial charge in [-0.05, 0) is 59.7 Å². The molecule has 3 aromatic carbocycles. The first-order valence-corrected chi connectivity index (χ1v) is 28.2. The molecule has 0 aliphatic carbocycles. The third-order valence-corrected chi connectivity index (χ3v) is 15.2. The Morgan fingerprint density at radius 3 is 1.63 bits per heavy atom. The molecule has 5 saturated heterocycles. The molecular formula is C58H72O33. The van der Waals surface area contributed by atoms with Gasteiger partial charge in [-0.3, -0.25) is 4.79 Å². The minimum absolute atomic E-state index is 0.0122. The largest absolute Gasteiger partial charge is 0.508 e. The lowest BCUT2D eigenvalue weighted by Crippen LogP contribution is -2.69. The fourth-order valence-electron chi connectivity index (χ4n) is 10.4. The summed E-state index contributed by atoms with van der Waals surface area (Å²) in [6, 6.07) is 16.4. The van der Waals surface area contributed by atoms with Crippen molar-refractivity contribution in [2.45, 2.75) is 154 Å². The lowest BCUT2D eigenvalue weighted by molar-refractivity contribution is -0.423. The number of aliphatic hydroxyl groups excluding tert-OH is 13. The van der Waals surface area contributed by atoms with Crippen LogP contribution in [0.4, 0.5) is 0 Å². The highest BCUT2D eigenvalue weighted by molar-refractivity contribution is 5.90. The monoisotopic (exact) mass is 1300 g/mol. The van der Waals surface area contributed by atoms with Crippen LogP contribution in [0.1, 0.15) is 28.4 Å². The van der Waals surface area contributed by atoms with E-state index in [1.807, 2.05) is 0 Å². The van der Waals surface area contributed by atoms with Crippen LogP contribution in [-0.2, 0) is 76.0 Å². The zero-order valence-corrected chi connectivity index (χ0v) is 48.3. The van der Waals surface area contributed by atoms with Gasteiger partial charge in [0, 0.05) is 19.1 Å². The van der Waals surface area contributed by atoms with Gasteiger partial charge in [0.25, 0.3) is 0 Å². The predicted octanol–water partition coefficient (Wildman–Crippen LogP) is -5.54. The Morgan fingerprint density at radius 2 is 1.04 bits per heavy atom. The number of phenols is 2. The van der Waals surface area contributed by atoms with Gasteiger partial charge >= 0.3 is 23.9 Å². The molecule has 3 aromatic rings. The quantitative estimate of drug-likeness (QED) is 0.0226. The Balaban J connectivity index is 1.26. The number of carbonyl (C=O) groups is 4. The van der Waals surface area contributed by atoms with E-state index in [4.69, 9.17) is 66.3 Å². The zero-order valence-electron chi connectivity index (χ0n) is 48.3. The van der Waals surface area contributed by atoms with Crippen LogP contribution in [0.15, 0.2) is 84.9 Å². The number of rotatable bonds is 24. The van der Waals surface area contributed by atoms with E-state index in [1.165, 1.54) is 86.0 Å². The molecule has 0 spiro atoms. The molecule has 502 valence electrons. The molecule has 0 amide bonds. The molecule has 33 nitrogen and oxygen atoms in total. The Morgan fingerprint density at radius 1 is 0.516 bits per heavy atom. The van der Waals surface area contributed by atoms with Gasteiger partial charge in [0.2, 0.25) is 5.79 Å². The van der Waals surface area contributed by atoms with Crippen molar-refractivity contribution in [3.63, 3.8) is 0 Å². The van der Waals surface area contributed by atoms with Crippen LogP contribution < -0.4 is 4.74 Å². The number of aromatic hydroxyl groups is 2. The summed E-state index contributed by atoms with van der Waals surface area (Å²) in [5.41, 5.74) is 0.442. The van der Waals surface area contributed by atoms with Crippen molar-refractivity contribution in [1.82, 2.24) is 0 Å². The van der Waals surface area contributed by atoms with Gasteiger partial charge in [-0.2, -0.15) is 0 Å². The first-order valence-electron chi connectivity index (χ1n) is 28.2. The van der Waals surface area contributed by atoms with Crippen molar-refractivity contribution in [3.05, 3.63) is 102 Å². The predicted molar refractivity (Wildman–Crippen MR) is 294 cm³/mol. The first-order chi connectivity index (χ1) is 43.4. The number of hydrogen-bond acceptors (Lipinski definition) is 33. The van der Waals surface area contributed by atoms with Gasteiger partial charge in [-0.15, -0.1) is 0 Å². The molecule has 33 heteroatoms. The minimum Gasteiger partial charge on any atom is -0.508 e. The van der Waals surface area contributed by atoms with E-state index < -0.39 is 210 Å². The molecule has 5 heterocycles.